The highest BCUT2D eigenvalue weighted by atomic mass is 16.2. The number of carbonyl (C=O) groups is 2. The summed E-state index contributed by atoms with van der Waals surface area (Å²) >= 11 is 0. The number of nitrogens with zero attached hydrogens (tertiary/aromatic N) is 1. The van der Waals surface area contributed by atoms with E-state index in [-0.39, 0.29) is 11.9 Å². The normalized spacial score (nSPS) is 14.7. The van der Waals surface area contributed by atoms with Gasteiger partial charge in [-0.05, 0) is 12.5 Å². The average Bonchev–Trinajstić information content (AvgIpc) is 2.41. The lowest BCUT2D eigenvalue weighted by molar-refractivity contribution is -0.121. The highest BCUT2D eigenvalue weighted by Gasteiger charge is 2.23. The van der Waals surface area contributed by atoms with Crippen molar-refractivity contribution in [2.45, 2.75) is 47.5 Å². The van der Waals surface area contributed by atoms with Gasteiger partial charge in [0, 0.05) is 18.7 Å². The molecule has 0 bridgehead atoms. The molecule has 0 unspecified atom stereocenters. The number of hydrogen-bond acceptors (Lipinski definition) is 2. The lowest BCUT2D eigenvalue weighted by Crippen LogP contribution is -2.48. The molecule has 3 amide bonds. The largest absolute Gasteiger partial charge is 0.328 e. The summed E-state index contributed by atoms with van der Waals surface area (Å²) in [5.74, 6) is -0.217. The molecule has 4 heteroatoms. The highest BCUT2D eigenvalue weighted by Crippen LogP contribution is 2.11. The molecule has 0 spiro atoms. The molecule has 0 aliphatic carbocycles. The van der Waals surface area contributed by atoms with Gasteiger partial charge in [-0.2, -0.15) is 0 Å². The van der Waals surface area contributed by atoms with E-state index in [1.165, 1.54) is 4.90 Å². The molecule has 0 aromatic rings. The Morgan fingerprint density at radius 1 is 1.33 bits per heavy atom. The zero-order valence-corrected chi connectivity index (χ0v) is 12.2. The first kappa shape index (κ1) is 18.8. The van der Waals surface area contributed by atoms with Crippen molar-refractivity contribution in [3.05, 3.63) is 24.4 Å². The number of carbonyl (C=O) groups excluding carboxylic acids is 2. The van der Waals surface area contributed by atoms with E-state index < -0.39 is 0 Å². The van der Waals surface area contributed by atoms with Gasteiger partial charge in [0.15, 0.2) is 0 Å². The summed E-state index contributed by atoms with van der Waals surface area (Å²) in [5.41, 5.74) is 0.762. The molecule has 1 fully saturated rings. The fourth-order valence-corrected chi connectivity index (χ4v) is 1.32. The third-order valence-corrected chi connectivity index (χ3v) is 1.99. The second-order valence-corrected chi connectivity index (χ2v) is 3.00. The summed E-state index contributed by atoms with van der Waals surface area (Å²) in [6.07, 6.45) is 4.71. The summed E-state index contributed by atoms with van der Waals surface area (Å²) < 4.78 is 0. The van der Waals surface area contributed by atoms with Crippen molar-refractivity contribution in [3.63, 3.8) is 0 Å². The van der Waals surface area contributed by atoms with Crippen LogP contribution in [0.3, 0.4) is 0 Å². The topological polar surface area (TPSA) is 49.4 Å². The fourth-order valence-electron chi connectivity index (χ4n) is 1.32. The molecule has 1 saturated heterocycles. The minimum Gasteiger partial charge on any atom is -0.294 e. The van der Waals surface area contributed by atoms with E-state index in [1.54, 1.807) is 6.08 Å². The van der Waals surface area contributed by atoms with Crippen LogP contribution in [-0.2, 0) is 4.79 Å². The first-order valence-corrected chi connectivity index (χ1v) is 6.63. The van der Waals surface area contributed by atoms with Crippen LogP contribution in [0.2, 0.25) is 0 Å². The minimum absolute atomic E-state index is 0.217. The molecule has 4 nitrogen and oxygen atoms in total. The number of amides is 3. The Morgan fingerprint density at radius 2 is 1.89 bits per heavy atom. The van der Waals surface area contributed by atoms with Crippen LogP contribution in [0.25, 0.3) is 0 Å². The molecule has 0 aromatic heterocycles. The van der Waals surface area contributed by atoms with E-state index in [9.17, 15) is 9.59 Å². The van der Waals surface area contributed by atoms with Crippen molar-refractivity contribution in [1.29, 1.82) is 0 Å². The van der Waals surface area contributed by atoms with Crippen LogP contribution in [0.1, 0.15) is 47.5 Å². The van der Waals surface area contributed by atoms with E-state index in [4.69, 9.17) is 0 Å². The van der Waals surface area contributed by atoms with Crippen LogP contribution in [0.4, 0.5) is 4.79 Å². The third-order valence-electron chi connectivity index (χ3n) is 1.99. The van der Waals surface area contributed by atoms with Crippen LogP contribution in [0.5, 0.6) is 0 Å². The second-order valence-electron chi connectivity index (χ2n) is 3.00. The molecule has 1 aliphatic rings. The van der Waals surface area contributed by atoms with E-state index in [0.29, 0.717) is 13.0 Å². The zero-order valence-electron chi connectivity index (χ0n) is 12.2. The molecule has 1 aliphatic heterocycles. The predicted octanol–water partition coefficient (Wildman–Crippen LogP) is 3.46. The Hall–Kier alpha value is -1.58. The third kappa shape index (κ3) is 6.23. The first-order valence-electron chi connectivity index (χ1n) is 6.63. The van der Waals surface area contributed by atoms with Crippen molar-refractivity contribution in [2.24, 2.45) is 0 Å². The maximum Gasteiger partial charge on any atom is 0.328 e. The Bertz CT molecular complexity index is 296. The van der Waals surface area contributed by atoms with Crippen molar-refractivity contribution >= 4 is 11.9 Å². The second kappa shape index (κ2) is 11.9. The number of urea groups is 1. The molecule has 0 saturated carbocycles. The summed E-state index contributed by atoms with van der Waals surface area (Å²) in [4.78, 5) is 23.8. The standard InChI is InChI=1S/C10H14N2O2.2C2H6/c1-3-5-8(4-2)12-7-6-9(13)11-10(12)14;2*1-2/h4-5H,2-3,6-7H2,1H3,(H,11,13,14);2*1-2H3/b8-5+;;. The molecule has 1 N–H and O–H groups in total. The SMILES string of the molecule is C=C/C(=C\CC)N1CCC(=O)NC1=O.CC.CC. The van der Waals surface area contributed by atoms with Gasteiger partial charge >= 0.3 is 6.03 Å². The summed E-state index contributed by atoms with van der Waals surface area (Å²) in [6, 6.07) is -0.360. The highest BCUT2D eigenvalue weighted by molar-refractivity contribution is 5.97. The number of hydrogen-bond donors (Lipinski definition) is 1. The van der Waals surface area contributed by atoms with Crippen molar-refractivity contribution in [2.75, 3.05) is 6.54 Å². The quantitative estimate of drug-likeness (QED) is 0.784. The van der Waals surface area contributed by atoms with Gasteiger partial charge in [0.25, 0.3) is 0 Å². The molecule has 18 heavy (non-hydrogen) atoms. The lowest BCUT2D eigenvalue weighted by atomic mass is 10.2. The molecular formula is C14H26N2O2. The average molecular weight is 254 g/mol. The number of nitrogens with one attached hydrogen (secondary N) is 1. The molecule has 0 radical (unpaired) electrons. The van der Waals surface area contributed by atoms with Crippen LogP contribution < -0.4 is 5.32 Å². The van der Waals surface area contributed by atoms with E-state index >= 15 is 0 Å². The molecule has 1 heterocycles. The predicted molar refractivity (Wildman–Crippen MR) is 76.1 cm³/mol. The van der Waals surface area contributed by atoms with Gasteiger partial charge < -0.3 is 0 Å². The van der Waals surface area contributed by atoms with Crippen LogP contribution in [0.15, 0.2) is 24.4 Å². The van der Waals surface area contributed by atoms with Gasteiger partial charge in [-0.15, -0.1) is 0 Å². The van der Waals surface area contributed by atoms with Gasteiger partial charge in [0.05, 0.1) is 0 Å². The zero-order chi connectivity index (χ0) is 14.6. The Morgan fingerprint density at radius 3 is 2.28 bits per heavy atom. The maximum absolute atomic E-state index is 11.4. The van der Waals surface area contributed by atoms with E-state index in [1.807, 2.05) is 40.7 Å². The monoisotopic (exact) mass is 254 g/mol. The van der Waals surface area contributed by atoms with Crippen molar-refractivity contribution in [1.82, 2.24) is 10.2 Å². The van der Waals surface area contributed by atoms with Gasteiger partial charge in [-0.25, -0.2) is 4.79 Å². The number of allylic oxidation sites excluding steroid dienone is 2. The summed E-state index contributed by atoms with van der Waals surface area (Å²) in [7, 11) is 0. The molecule has 0 atom stereocenters. The van der Waals surface area contributed by atoms with E-state index in [0.717, 1.165) is 12.1 Å². The Balaban J connectivity index is 0. The Labute approximate surface area is 111 Å². The molecular weight excluding hydrogens is 228 g/mol. The van der Waals surface area contributed by atoms with Crippen molar-refractivity contribution < 1.29 is 9.59 Å². The van der Waals surface area contributed by atoms with Crippen LogP contribution in [-0.4, -0.2) is 23.4 Å². The summed E-state index contributed by atoms with van der Waals surface area (Å²) in [6.45, 7) is 14.0. The smallest absolute Gasteiger partial charge is 0.294 e. The fraction of sp³-hybridized carbons (Fsp3) is 0.571. The molecule has 104 valence electrons. The van der Waals surface area contributed by atoms with Crippen molar-refractivity contribution in [3.8, 4) is 0 Å². The molecule has 0 aromatic carbocycles. The minimum atomic E-state index is -0.360. The van der Waals surface area contributed by atoms with Gasteiger partial charge in [-0.3, -0.25) is 15.0 Å². The number of imide groups is 1. The Kier molecular flexibility index (Phi) is 12.4. The first-order chi connectivity index (χ1) is 8.69. The van der Waals surface area contributed by atoms with Crippen LogP contribution in [0, 0.1) is 0 Å². The van der Waals surface area contributed by atoms with Crippen LogP contribution >= 0.6 is 0 Å². The maximum atomic E-state index is 11.4. The summed E-state index contributed by atoms with van der Waals surface area (Å²) in [5, 5.41) is 2.26. The molecule has 1 rings (SSSR count). The lowest BCUT2D eigenvalue weighted by Gasteiger charge is -2.27. The van der Waals surface area contributed by atoms with Gasteiger partial charge in [0.1, 0.15) is 0 Å². The van der Waals surface area contributed by atoms with Gasteiger partial charge in [-0.1, -0.05) is 47.3 Å². The van der Waals surface area contributed by atoms with E-state index in [2.05, 4.69) is 11.9 Å². The number of rotatable bonds is 3. The van der Waals surface area contributed by atoms with Gasteiger partial charge in [0.2, 0.25) is 5.91 Å².